The zero-order valence-corrected chi connectivity index (χ0v) is 25.6. The predicted octanol–water partition coefficient (Wildman–Crippen LogP) is 5.90. The molecule has 1 saturated heterocycles. The molecule has 0 bridgehead atoms. The molecule has 234 valence electrons. The van der Waals surface area contributed by atoms with Gasteiger partial charge in [0.2, 0.25) is 5.89 Å². The number of esters is 1. The molecule has 1 atom stereocenters. The van der Waals surface area contributed by atoms with Crippen molar-refractivity contribution < 1.29 is 32.6 Å². The molecule has 1 unspecified atom stereocenters. The van der Waals surface area contributed by atoms with Gasteiger partial charge in [0.1, 0.15) is 17.9 Å². The Morgan fingerprint density at radius 3 is 2.71 bits per heavy atom. The number of nitrogens with zero attached hydrogens (tertiary/aromatic N) is 3. The van der Waals surface area contributed by atoms with Crippen molar-refractivity contribution in [1.82, 2.24) is 14.9 Å². The minimum Gasteiger partial charge on any atom is -0.464 e. The number of likely N-dealkylation sites (tertiary alicyclic amines) is 1. The molecule has 4 aromatic rings. The number of benzene rings is 2. The van der Waals surface area contributed by atoms with E-state index in [0.717, 1.165) is 31.5 Å². The van der Waals surface area contributed by atoms with Crippen LogP contribution >= 0.6 is 11.6 Å². The summed E-state index contributed by atoms with van der Waals surface area (Å²) in [6.07, 6.45) is 4.77. The van der Waals surface area contributed by atoms with E-state index in [9.17, 15) is 14.0 Å². The number of rotatable bonds is 10. The lowest BCUT2D eigenvalue weighted by atomic mass is 9.88. The third-order valence-electron chi connectivity index (χ3n) is 8.11. The quantitative estimate of drug-likeness (QED) is 0.212. The second kappa shape index (κ2) is 12.9. The van der Waals surface area contributed by atoms with Gasteiger partial charge in [-0.2, -0.15) is 0 Å². The van der Waals surface area contributed by atoms with Crippen LogP contribution < -0.4 is 14.8 Å². The average Bonchev–Trinajstić information content (AvgIpc) is 3.68. The lowest BCUT2D eigenvalue weighted by Gasteiger charge is -2.32. The van der Waals surface area contributed by atoms with Gasteiger partial charge in [0, 0.05) is 29.5 Å². The Morgan fingerprint density at radius 1 is 1.16 bits per heavy atom. The Kier molecular flexibility index (Phi) is 8.73. The fraction of sp³-hybridized carbons (Fsp3) is 0.333. The predicted molar refractivity (Wildman–Crippen MR) is 163 cm³/mol. The van der Waals surface area contributed by atoms with Crippen molar-refractivity contribution in [2.75, 3.05) is 32.1 Å². The molecule has 2 aliphatic rings. The van der Waals surface area contributed by atoms with Gasteiger partial charge in [-0.05, 0) is 62.2 Å². The number of para-hydroxylation sites is 1. The number of methoxy groups -OCH3 is 1. The number of hydrogen-bond acceptors (Lipinski definition) is 10. The Balaban J connectivity index is 1.08. The van der Waals surface area contributed by atoms with Crippen LogP contribution in [0.1, 0.15) is 58.8 Å². The van der Waals surface area contributed by atoms with Crippen LogP contribution in [0, 0.1) is 5.82 Å². The molecule has 12 heteroatoms. The molecule has 4 heterocycles. The zero-order valence-electron chi connectivity index (χ0n) is 24.8. The van der Waals surface area contributed by atoms with Crippen molar-refractivity contribution in [3.63, 3.8) is 0 Å². The summed E-state index contributed by atoms with van der Waals surface area (Å²) < 4.78 is 37.3. The molecule has 6 rings (SSSR count). The second-order valence-corrected chi connectivity index (χ2v) is 11.6. The molecule has 0 amide bonds. The molecule has 1 fully saturated rings. The highest BCUT2D eigenvalue weighted by Crippen LogP contribution is 2.49. The maximum atomic E-state index is 14.8. The van der Waals surface area contributed by atoms with E-state index in [0.29, 0.717) is 33.8 Å². The van der Waals surface area contributed by atoms with Crippen LogP contribution in [0.4, 0.5) is 10.2 Å². The molecule has 2 aliphatic heterocycles. The van der Waals surface area contributed by atoms with Crippen molar-refractivity contribution >= 4 is 29.2 Å². The smallest absolute Gasteiger partial charge is 0.356 e. The summed E-state index contributed by atoms with van der Waals surface area (Å²) in [5.74, 6) is -0.129. The lowest BCUT2D eigenvalue weighted by molar-refractivity contribution is -0.119. The number of fused-ring (bicyclic) bond motifs is 1. The molecule has 1 N–H and O–H groups in total. The minimum atomic E-state index is -1.31. The van der Waals surface area contributed by atoms with Crippen LogP contribution in [0.2, 0.25) is 5.02 Å². The fourth-order valence-electron chi connectivity index (χ4n) is 5.86. The number of ketones is 1. The number of carbonyl (C=O) groups excluding carboxylic acids is 2. The number of pyridine rings is 1. The first kappa shape index (κ1) is 30.5. The van der Waals surface area contributed by atoms with Gasteiger partial charge in [-0.1, -0.05) is 29.8 Å². The van der Waals surface area contributed by atoms with E-state index in [1.165, 1.54) is 25.6 Å². The highest BCUT2D eigenvalue weighted by atomic mass is 35.5. The number of hydrogen-bond donors (Lipinski definition) is 1. The van der Waals surface area contributed by atoms with Gasteiger partial charge < -0.3 is 23.9 Å². The zero-order chi connectivity index (χ0) is 31.6. The van der Waals surface area contributed by atoms with E-state index < -0.39 is 17.6 Å². The first-order valence-corrected chi connectivity index (χ1v) is 15.0. The molecular formula is C33H32ClFN4O6. The molecule has 0 aliphatic carbocycles. The van der Waals surface area contributed by atoms with Crippen LogP contribution in [0.5, 0.6) is 11.5 Å². The highest BCUT2D eigenvalue weighted by molar-refractivity contribution is 6.30. The average molecular weight is 635 g/mol. The normalized spacial score (nSPS) is 18.1. The molecule has 0 spiro atoms. The van der Waals surface area contributed by atoms with Gasteiger partial charge in [0.25, 0.3) is 5.79 Å². The number of oxazole rings is 1. The summed E-state index contributed by atoms with van der Waals surface area (Å²) in [7, 11) is 1.29. The fourth-order valence-corrected chi connectivity index (χ4v) is 6.02. The van der Waals surface area contributed by atoms with Crippen molar-refractivity contribution in [2.45, 2.75) is 44.4 Å². The van der Waals surface area contributed by atoms with Crippen molar-refractivity contribution in [2.24, 2.45) is 0 Å². The largest absolute Gasteiger partial charge is 0.464 e. The van der Waals surface area contributed by atoms with Crippen LogP contribution in [0.3, 0.4) is 0 Å². The van der Waals surface area contributed by atoms with Crippen LogP contribution in [-0.4, -0.2) is 53.4 Å². The Morgan fingerprint density at radius 2 is 1.98 bits per heavy atom. The number of nitrogens with one attached hydrogen (secondary N) is 1. The second-order valence-electron chi connectivity index (χ2n) is 11.2. The topological polar surface area (TPSA) is 116 Å². The van der Waals surface area contributed by atoms with E-state index >= 15 is 0 Å². The standard InChI is InChI=1S/C33H32ClFN4O6/c1-33(25-8-7-22(34)17-26(25)35)44-28-5-3-4-24(30(28)45-33)20-10-13-39(14-11-20)19-23(40)16-21-6-9-27(32(41)42-2)38-31(21)37-18-29-36-12-15-43-29/h3-9,12,15,17,20H,10-11,13-14,16,18-19H2,1-2H3,(H,37,38). The summed E-state index contributed by atoms with van der Waals surface area (Å²) in [6, 6.07) is 13.5. The van der Waals surface area contributed by atoms with Gasteiger partial charge in [-0.3, -0.25) is 9.69 Å². The Hall–Kier alpha value is -4.48. The van der Waals surface area contributed by atoms with E-state index in [1.807, 2.05) is 18.2 Å². The molecule has 10 nitrogen and oxygen atoms in total. The highest BCUT2D eigenvalue weighted by Gasteiger charge is 2.43. The van der Waals surface area contributed by atoms with Crippen LogP contribution in [0.15, 0.2) is 65.4 Å². The molecule has 45 heavy (non-hydrogen) atoms. The summed E-state index contributed by atoms with van der Waals surface area (Å²) in [5, 5.41) is 3.42. The monoisotopic (exact) mass is 634 g/mol. The van der Waals surface area contributed by atoms with E-state index in [2.05, 4.69) is 20.2 Å². The summed E-state index contributed by atoms with van der Waals surface area (Å²) in [6.45, 7) is 3.67. The Labute approximate surface area is 264 Å². The maximum absolute atomic E-state index is 14.8. The van der Waals surface area contributed by atoms with E-state index in [-0.39, 0.29) is 42.5 Å². The first-order chi connectivity index (χ1) is 21.7. The molecule has 0 saturated carbocycles. The van der Waals surface area contributed by atoms with E-state index in [1.54, 1.807) is 31.2 Å². The molecule has 0 radical (unpaired) electrons. The third kappa shape index (κ3) is 6.64. The van der Waals surface area contributed by atoms with Gasteiger partial charge >= 0.3 is 5.97 Å². The maximum Gasteiger partial charge on any atom is 0.356 e. The number of piperidine rings is 1. The molecule has 2 aromatic heterocycles. The minimum absolute atomic E-state index is 0.0262. The van der Waals surface area contributed by atoms with Crippen molar-refractivity contribution in [3.8, 4) is 11.5 Å². The van der Waals surface area contributed by atoms with Gasteiger partial charge in [-0.15, -0.1) is 0 Å². The van der Waals surface area contributed by atoms with E-state index in [4.69, 9.17) is 30.2 Å². The van der Waals surface area contributed by atoms with Crippen molar-refractivity contribution in [1.29, 1.82) is 0 Å². The number of anilines is 1. The summed E-state index contributed by atoms with van der Waals surface area (Å²) >= 11 is 5.95. The summed E-state index contributed by atoms with van der Waals surface area (Å²) in [4.78, 5) is 35.9. The molecule has 2 aromatic carbocycles. The van der Waals surface area contributed by atoms with Crippen LogP contribution in [0.25, 0.3) is 0 Å². The van der Waals surface area contributed by atoms with Gasteiger partial charge in [0.15, 0.2) is 23.0 Å². The summed E-state index contributed by atoms with van der Waals surface area (Å²) in [5.41, 5.74) is 2.07. The molecular weight excluding hydrogens is 603 g/mol. The Bertz CT molecular complexity index is 1710. The lowest BCUT2D eigenvalue weighted by Crippen LogP contribution is -2.37. The third-order valence-corrected chi connectivity index (χ3v) is 8.35. The number of carbonyl (C=O) groups is 2. The number of ether oxygens (including phenoxy) is 3. The van der Waals surface area contributed by atoms with Crippen molar-refractivity contribution in [3.05, 3.63) is 100 Å². The number of aromatic nitrogens is 2. The number of halogens is 2. The first-order valence-electron chi connectivity index (χ1n) is 14.6. The van der Waals surface area contributed by atoms with Gasteiger partial charge in [0.05, 0.1) is 32.0 Å². The number of Topliss-reactive ketones (excluding diaryl/α,β-unsaturated/α-hetero) is 1. The van der Waals surface area contributed by atoms with Crippen LogP contribution in [-0.2, 0) is 28.3 Å². The SMILES string of the molecule is COC(=O)c1ccc(CC(=O)CN2CCC(c3cccc4c3OC(C)(c3ccc(Cl)cc3F)O4)CC2)c(NCc2ncco2)n1. The van der Waals surface area contributed by atoms with Gasteiger partial charge in [-0.25, -0.2) is 19.2 Å².